The second-order valence-electron chi connectivity index (χ2n) is 19.0. The van der Waals surface area contributed by atoms with E-state index in [1.165, 1.54) is 52.0 Å². The van der Waals surface area contributed by atoms with Crippen molar-refractivity contribution in [1.82, 2.24) is 29.3 Å². The number of aliphatic hydroxyl groups excluding tert-OH is 2. The number of aromatic nitrogens is 4. The lowest BCUT2D eigenvalue weighted by Gasteiger charge is -2.26. The number of nitriles is 2. The molecule has 0 amide bonds. The van der Waals surface area contributed by atoms with Crippen LogP contribution in [-0.2, 0) is 46.7 Å². The van der Waals surface area contributed by atoms with Crippen molar-refractivity contribution in [3.05, 3.63) is 125 Å². The van der Waals surface area contributed by atoms with E-state index in [0.717, 1.165) is 27.6 Å². The fourth-order valence-corrected chi connectivity index (χ4v) is 10.7. The first-order chi connectivity index (χ1) is 36.2. The molecule has 0 aliphatic carbocycles. The molecule has 29 heteroatoms. The number of para-hydroxylation sites is 2. The number of esters is 2. The van der Waals surface area contributed by atoms with Gasteiger partial charge in [0.05, 0.1) is 43.0 Å². The summed E-state index contributed by atoms with van der Waals surface area (Å²) in [5.74, 6) is -0.823. The first-order valence-corrected chi connectivity index (χ1v) is 27.7. The monoisotopic (exact) mass is 1180 g/mol. The highest BCUT2D eigenvalue weighted by molar-refractivity contribution is 9.10. The number of rotatable bonds is 22. The molecule has 2 aliphatic rings. The van der Waals surface area contributed by atoms with Gasteiger partial charge in [0.25, 0.3) is 11.1 Å². The number of carbonyl (C=O) groups excluding carboxylic acids is 2. The second-order valence-corrected chi connectivity index (χ2v) is 23.3. The topological polar surface area (TPSA) is 364 Å². The Kier molecular flexibility index (Phi) is 21.3. The molecule has 4 heterocycles. The third-order valence-corrected chi connectivity index (χ3v) is 15.5. The van der Waals surface area contributed by atoms with Crippen LogP contribution in [0.3, 0.4) is 0 Å². The van der Waals surface area contributed by atoms with Gasteiger partial charge in [-0.25, -0.2) is 18.7 Å². The summed E-state index contributed by atoms with van der Waals surface area (Å²) in [4.78, 5) is 77.0. The number of carbonyl (C=O) groups is 2. The molecule has 6 N–H and O–H groups in total. The van der Waals surface area contributed by atoms with Crippen LogP contribution in [0.25, 0.3) is 0 Å². The summed E-state index contributed by atoms with van der Waals surface area (Å²) in [6.45, 7) is 12.3. The Balaban J connectivity index is 0.000000284. The Labute approximate surface area is 449 Å². The number of aliphatic hydroxyl groups is 2. The van der Waals surface area contributed by atoms with Gasteiger partial charge in [-0.2, -0.15) is 20.7 Å². The maximum absolute atomic E-state index is 13.8. The highest BCUT2D eigenvalue weighted by atomic mass is 79.9. The van der Waals surface area contributed by atoms with Crippen molar-refractivity contribution < 1.29 is 66.0 Å². The maximum Gasteiger partial charge on any atom is 0.459 e. The summed E-state index contributed by atoms with van der Waals surface area (Å²) in [7, 11) is -8.57. The molecule has 418 valence electrons. The van der Waals surface area contributed by atoms with Crippen molar-refractivity contribution in [1.29, 1.82) is 10.5 Å². The van der Waals surface area contributed by atoms with E-state index in [1.807, 2.05) is 39.8 Å². The molecule has 26 nitrogen and oxygen atoms in total. The number of aromatic amines is 2. The van der Waals surface area contributed by atoms with E-state index >= 15 is 0 Å². The number of hydrogen-bond acceptors (Lipinski definition) is 20. The van der Waals surface area contributed by atoms with Gasteiger partial charge in [0.2, 0.25) is 0 Å². The summed E-state index contributed by atoms with van der Waals surface area (Å²) in [6, 6.07) is 19.0. The van der Waals surface area contributed by atoms with Gasteiger partial charge >= 0.3 is 38.8 Å². The minimum atomic E-state index is -4.29. The molecule has 2 aromatic carbocycles. The maximum atomic E-state index is 13.8. The average Bonchev–Trinajstić information content (AvgIpc) is 3.79. The van der Waals surface area contributed by atoms with Gasteiger partial charge in [0, 0.05) is 18.5 Å². The number of H-pyrrole nitrogens is 2. The van der Waals surface area contributed by atoms with Crippen molar-refractivity contribution in [2.75, 3.05) is 26.4 Å². The van der Waals surface area contributed by atoms with E-state index in [1.54, 1.807) is 36.4 Å². The van der Waals surface area contributed by atoms with Crippen molar-refractivity contribution in [2.24, 2.45) is 22.7 Å². The second kappa shape index (κ2) is 26.5. The van der Waals surface area contributed by atoms with E-state index in [2.05, 4.69) is 36.1 Å². The molecule has 2 unspecified atom stereocenters. The zero-order chi connectivity index (χ0) is 57.0. The number of nitrogens with one attached hydrogen (secondary N) is 4. The minimum Gasteiger partial charge on any atom is -0.464 e. The van der Waals surface area contributed by atoms with Crippen LogP contribution in [0, 0.1) is 45.3 Å². The van der Waals surface area contributed by atoms with E-state index in [0.29, 0.717) is 0 Å². The largest absolute Gasteiger partial charge is 0.464 e. The summed E-state index contributed by atoms with van der Waals surface area (Å²) in [6.07, 6.45) is -5.83. The molecule has 0 radical (unpaired) electrons. The minimum absolute atomic E-state index is 0.00322. The van der Waals surface area contributed by atoms with Crippen LogP contribution in [0.2, 0.25) is 0 Å². The smallest absolute Gasteiger partial charge is 0.459 e. The number of benzene rings is 2. The first-order valence-electron chi connectivity index (χ1n) is 23.9. The van der Waals surface area contributed by atoms with Gasteiger partial charge in [0.1, 0.15) is 58.8 Å². The number of nitrogens with zero attached hydrogens (tertiary/aromatic N) is 4. The molecule has 0 saturated carbocycles. The van der Waals surface area contributed by atoms with Gasteiger partial charge in [0.15, 0.2) is 12.5 Å². The van der Waals surface area contributed by atoms with Crippen LogP contribution in [0.4, 0.5) is 0 Å². The Morgan fingerprint density at radius 1 is 0.701 bits per heavy atom. The molecule has 6 rings (SSSR count). The molecule has 2 aromatic heterocycles. The predicted molar refractivity (Wildman–Crippen MR) is 276 cm³/mol. The van der Waals surface area contributed by atoms with Crippen molar-refractivity contribution >= 4 is 43.4 Å². The Morgan fingerprint density at radius 3 is 1.49 bits per heavy atom. The van der Waals surface area contributed by atoms with Crippen LogP contribution in [0.15, 0.2) is 103 Å². The van der Waals surface area contributed by atoms with Crippen molar-refractivity contribution in [2.45, 2.75) is 104 Å². The van der Waals surface area contributed by atoms with Gasteiger partial charge in [-0.05, 0) is 79.7 Å². The van der Waals surface area contributed by atoms with Crippen LogP contribution >= 0.6 is 31.4 Å². The Hall–Kier alpha value is -6.06. The zero-order valence-corrected chi connectivity index (χ0v) is 46.5. The molecular formula is C48H61BrN8O18P2. The molecule has 2 aliphatic heterocycles. The number of ether oxygens (including phenoxy) is 4. The van der Waals surface area contributed by atoms with Crippen LogP contribution in [0.5, 0.6) is 11.5 Å². The fraction of sp³-hybridized carbons (Fsp3) is 0.500. The zero-order valence-electron chi connectivity index (χ0n) is 43.1. The van der Waals surface area contributed by atoms with E-state index in [4.69, 9.17) is 37.0 Å². The Bertz CT molecular complexity index is 3110. The summed E-state index contributed by atoms with van der Waals surface area (Å²) >= 11 is 3.03. The average molecular weight is 1180 g/mol. The highest BCUT2D eigenvalue weighted by Gasteiger charge is 2.57. The molecule has 12 atom stereocenters. The Morgan fingerprint density at radius 2 is 1.10 bits per heavy atom. The van der Waals surface area contributed by atoms with Gasteiger partial charge in [-0.1, -0.05) is 64.1 Å². The molecule has 0 spiro atoms. The van der Waals surface area contributed by atoms with Gasteiger partial charge in [-0.3, -0.25) is 47.3 Å². The predicted octanol–water partition coefficient (Wildman–Crippen LogP) is 4.17. The van der Waals surface area contributed by atoms with Crippen LogP contribution in [0.1, 0.15) is 67.8 Å². The van der Waals surface area contributed by atoms with E-state index < -0.39 is 123 Å². The van der Waals surface area contributed by atoms with Crippen molar-refractivity contribution in [3.8, 4) is 23.6 Å². The molecule has 4 aromatic rings. The molecule has 0 bridgehead atoms. The third kappa shape index (κ3) is 15.8. The lowest BCUT2D eigenvalue weighted by Crippen LogP contribution is -2.41. The molecule has 2 saturated heterocycles. The van der Waals surface area contributed by atoms with E-state index in [-0.39, 0.29) is 41.0 Å². The first kappa shape index (κ1) is 61.8. The lowest BCUT2D eigenvalue weighted by molar-refractivity contribution is -0.147. The van der Waals surface area contributed by atoms with Gasteiger partial charge in [-0.15, -0.1) is 0 Å². The standard InChI is InChI=1S/C24H30BrN4O9P.C24H31N4O9P/c1-14(2)11-35-21(32)15(3)28-39(34,38-16-8-6-5-7-9-16)36-12-18-19(30)24(4,13-26)22(37-18)29-10-17(25)20(31)27-23(29)33;1-15(2)12-34-21(31)16(3)27-38(33,37-17-8-6-5-7-9-17)35-13-18-20(30)24(4,14-25)22(36-18)28-11-10-19(29)26-23(28)32/h5-10,14-15,18-19,22,30H,11-12H2,1-4H3,(H,28,34)(H,27,31,33);5-11,15-16,18,20,22,30H,12-13H2,1-4H3,(H,27,33)(H,26,29,32)/t15-,18+,19+,22+,24+,39?;16-,18+,20+,22+,24+,38?/m00/s1. The SMILES string of the molecule is CC(C)COC(=O)[C@H](C)NP(=O)(OC[C@H]1O[C@@H](n2cc(Br)c(=O)[nH]c2=O)[C@](C)(C#N)[C@@H]1O)Oc1ccccc1.CC(C)COC(=O)[C@H](C)NP(=O)(OC[C@H]1O[C@@H](n2ccc(=O)[nH]c2=O)[C@](C)(C#N)[C@@H]1O)Oc1ccccc1. The summed E-state index contributed by atoms with van der Waals surface area (Å²) in [5, 5.41) is 46.7. The van der Waals surface area contributed by atoms with Crippen molar-refractivity contribution in [3.63, 3.8) is 0 Å². The molecular weight excluding hydrogens is 1120 g/mol. The molecule has 77 heavy (non-hydrogen) atoms. The molecule has 2 fully saturated rings. The van der Waals surface area contributed by atoms with Gasteiger partial charge < -0.3 is 38.2 Å². The summed E-state index contributed by atoms with van der Waals surface area (Å²) < 4.78 is 73.8. The van der Waals surface area contributed by atoms with E-state index in [9.17, 15) is 58.6 Å². The van der Waals surface area contributed by atoms with Crippen LogP contribution in [-0.4, -0.2) is 104 Å². The summed E-state index contributed by atoms with van der Waals surface area (Å²) in [5.41, 5.74) is -6.33. The highest BCUT2D eigenvalue weighted by Crippen LogP contribution is 2.50. The number of hydrogen-bond donors (Lipinski definition) is 6. The van der Waals surface area contributed by atoms with Crippen LogP contribution < -0.4 is 41.7 Å². The lowest BCUT2D eigenvalue weighted by atomic mass is 9.84. The third-order valence-electron chi connectivity index (χ3n) is 11.6. The fourth-order valence-electron chi connectivity index (χ4n) is 7.38. The normalized spacial score (nSPS) is 25.2. The quantitative estimate of drug-likeness (QED) is 0.0475. The number of halogens is 1.